The van der Waals surface area contributed by atoms with Gasteiger partial charge in [0.05, 0.1) is 11.5 Å². The number of thiophene rings is 1. The molecule has 1 saturated heterocycles. The zero-order valence-corrected chi connectivity index (χ0v) is 19.3. The molecule has 0 spiro atoms. The van der Waals surface area contributed by atoms with Crippen LogP contribution in [0.15, 0.2) is 17.5 Å². The Morgan fingerprint density at radius 2 is 2.06 bits per heavy atom. The maximum absolute atomic E-state index is 10.5. The van der Waals surface area contributed by atoms with Crippen LogP contribution >= 0.6 is 22.9 Å². The molecule has 3 aromatic rings. The molecule has 0 bridgehead atoms. The second kappa shape index (κ2) is 10.6. The molecular weight excluding hydrogens is 432 g/mol. The van der Waals surface area contributed by atoms with Crippen molar-refractivity contribution in [3.05, 3.63) is 28.5 Å². The van der Waals surface area contributed by atoms with E-state index < -0.39 is 12.3 Å². The van der Waals surface area contributed by atoms with E-state index in [0.29, 0.717) is 35.8 Å². The van der Waals surface area contributed by atoms with Crippen molar-refractivity contribution in [2.24, 2.45) is 0 Å². The number of halogens is 1. The highest BCUT2D eigenvalue weighted by molar-refractivity contribution is 7.13. The zero-order chi connectivity index (χ0) is 21.6. The van der Waals surface area contributed by atoms with Crippen LogP contribution in [0, 0.1) is 11.8 Å². The summed E-state index contributed by atoms with van der Waals surface area (Å²) in [7, 11) is 0. The number of rotatable bonds is 8. The Bertz CT molecular complexity index is 1070. The Kier molecular flexibility index (Phi) is 7.57. The number of aliphatic hydroxyl groups is 1. The number of nitrogens with zero attached hydrogens (tertiary/aromatic N) is 4. The lowest BCUT2D eigenvalue weighted by atomic mass is 10.1. The molecule has 0 saturated carbocycles. The lowest BCUT2D eigenvalue weighted by Crippen LogP contribution is -2.20. The quantitative estimate of drug-likeness (QED) is 0.270. The van der Waals surface area contributed by atoms with Crippen molar-refractivity contribution in [2.45, 2.75) is 70.6 Å². The van der Waals surface area contributed by atoms with E-state index in [2.05, 4.69) is 28.7 Å². The van der Waals surface area contributed by atoms with Gasteiger partial charge in [0.2, 0.25) is 5.82 Å². The normalized spacial score (nSPS) is 18.4. The van der Waals surface area contributed by atoms with Crippen LogP contribution in [-0.4, -0.2) is 37.3 Å². The van der Waals surface area contributed by atoms with Gasteiger partial charge in [-0.3, -0.25) is 4.57 Å². The molecule has 1 fully saturated rings. The third-order valence-corrected chi connectivity index (χ3v) is 6.51. The highest BCUT2D eigenvalue weighted by Crippen LogP contribution is 2.36. The number of aliphatic hydroxyl groups excluding tert-OH is 1. The lowest BCUT2D eigenvalue weighted by Gasteiger charge is -2.18. The summed E-state index contributed by atoms with van der Waals surface area (Å²) in [5.41, 5.74) is 1.03. The summed E-state index contributed by atoms with van der Waals surface area (Å²) < 4.78 is 7.67. The van der Waals surface area contributed by atoms with Gasteiger partial charge in [0.1, 0.15) is 11.6 Å². The third kappa shape index (κ3) is 5.09. The number of hydrogen-bond donors (Lipinski definition) is 1. The van der Waals surface area contributed by atoms with Crippen molar-refractivity contribution >= 4 is 34.1 Å². The van der Waals surface area contributed by atoms with Gasteiger partial charge >= 0.3 is 0 Å². The SMILES string of the molecule is CCCCCCCCC#Cc1nc(Cl)c2nc(-c3cccs3)n([C@@H]3OCC[C@H]3O)c2n1. The molecular formula is C23H27ClN4O2S. The molecule has 0 aliphatic carbocycles. The zero-order valence-electron chi connectivity index (χ0n) is 17.7. The van der Waals surface area contributed by atoms with E-state index in [1.165, 1.54) is 32.1 Å². The number of hydrogen-bond acceptors (Lipinski definition) is 6. The molecule has 8 heteroatoms. The van der Waals surface area contributed by atoms with E-state index in [1.54, 1.807) is 11.3 Å². The molecule has 0 radical (unpaired) electrons. The number of imidazole rings is 1. The average molecular weight is 459 g/mol. The Labute approximate surface area is 191 Å². The van der Waals surface area contributed by atoms with E-state index in [1.807, 2.05) is 22.1 Å². The fourth-order valence-electron chi connectivity index (χ4n) is 3.76. The molecule has 0 aromatic carbocycles. The van der Waals surface area contributed by atoms with Gasteiger partial charge in [-0.05, 0) is 23.8 Å². The summed E-state index contributed by atoms with van der Waals surface area (Å²) in [6.07, 6.45) is 7.59. The molecule has 6 nitrogen and oxygen atoms in total. The molecule has 1 aliphatic heterocycles. The Hall–Kier alpha value is -1.98. The molecule has 0 amide bonds. The van der Waals surface area contributed by atoms with Gasteiger partial charge in [-0.2, -0.15) is 0 Å². The van der Waals surface area contributed by atoms with E-state index >= 15 is 0 Å². The lowest BCUT2D eigenvalue weighted by molar-refractivity contribution is -0.00513. The maximum atomic E-state index is 10.5. The van der Waals surface area contributed by atoms with Crippen LogP contribution in [0.2, 0.25) is 5.15 Å². The highest BCUT2D eigenvalue weighted by atomic mass is 35.5. The van der Waals surface area contributed by atoms with E-state index in [4.69, 9.17) is 21.3 Å². The third-order valence-electron chi connectivity index (χ3n) is 5.38. The first-order valence-electron chi connectivity index (χ1n) is 11.0. The van der Waals surface area contributed by atoms with Crippen LogP contribution in [0.5, 0.6) is 0 Å². The first kappa shape index (κ1) is 22.2. The summed E-state index contributed by atoms with van der Waals surface area (Å²) in [5.74, 6) is 7.27. The first-order valence-corrected chi connectivity index (χ1v) is 12.2. The van der Waals surface area contributed by atoms with Crippen molar-refractivity contribution < 1.29 is 9.84 Å². The van der Waals surface area contributed by atoms with Crippen molar-refractivity contribution in [3.63, 3.8) is 0 Å². The van der Waals surface area contributed by atoms with Gasteiger partial charge in [0.25, 0.3) is 0 Å². The van der Waals surface area contributed by atoms with Gasteiger partial charge in [0, 0.05) is 12.8 Å². The van der Waals surface area contributed by atoms with E-state index in [0.717, 1.165) is 17.7 Å². The molecule has 4 heterocycles. The van der Waals surface area contributed by atoms with Crippen molar-refractivity contribution in [1.82, 2.24) is 19.5 Å². The minimum Gasteiger partial charge on any atom is -0.388 e. The Balaban J connectivity index is 1.61. The minimum atomic E-state index is -0.632. The smallest absolute Gasteiger partial charge is 0.208 e. The van der Waals surface area contributed by atoms with E-state index in [-0.39, 0.29) is 5.15 Å². The van der Waals surface area contributed by atoms with Gasteiger partial charge in [-0.25, -0.2) is 15.0 Å². The predicted octanol–water partition coefficient (Wildman–Crippen LogP) is 5.59. The molecule has 3 aromatic heterocycles. The maximum Gasteiger partial charge on any atom is 0.208 e. The number of aromatic nitrogens is 4. The largest absolute Gasteiger partial charge is 0.388 e. The van der Waals surface area contributed by atoms with Crippen molar-refractivity contribution in [3.8, 4) is 22.5 Å². The van der Waals surface area contributed by atoms with Gasteiger partial charge < -0.3 is 9.84 Å². The van der Waals surface area contributed by atoms with Crippen LogP contribution in [0.4, 0.5) is 0 Å². The fraction of sp³-hybridized carbons (Fsp3) is 0.522. The number of unbranched alkanes of at least 4 members (excludes halogenated alkanes) is 6. The standard InChI is InChI=1S/C23H27ClN4O2S/c1-2-3-4-5-6-7-8-9-12-18-25-20(24)19-22(26-18)28(23-16(29)13-14-30-23)21(27-19)17-11-10-15-31-17/h10-11,15-16,23,29H,2-8,13-14H2,1H3/t16-,23-/m1/s1. The molecule has 31 heavy (non-hydrogen) atoms. The van der Waals surface area contributed by atoms with Crippen LogP contribution in [-0.2, 0) is 4.74 Å². The number of fused-ring (bicyclic) bond motifs is 1. The monoisotopic (exact) mass is 458 g/mol. The average Bonchev–Trinajstić information content (AvgIpc) is 3.49. The molecule has 2 atom stereocenters. The second-order valence-corrected chi connectivity index (χ2v) is 9.04. The predicted molar refractivity (Wildman–Crippen MR) is 124 cm³/mol. The molecule has 1 N–H and O–H groups in total. The summed E-state index contributed by atoms with van der Waals surface area (Å²) >= 11 is 8.03. The Morgan fingerprint density at radius 3 is 2.81 bits per heavy atom. The number of ether oxygens (including phenoxy) is 1. The summed E-state index contributed by atoms with van der Waals surface area (Å²) in [6, 6.07) is 3.94. The highest BCUT2D eigenvalue weighted by Gasteiger charge is 2.33. The van der Waals surface area contributed by atoms with Gasteiger partial charge in [0.15, 0.2) is 22.9 Å². The summed E-state index contributed by atoms with van der Waals surface area (Å²) in [5, 5.41) is 12.7. The summed E-state index contributed by atoms with van der Waals surface area (Å²) in [6.45, 7) is 2.71. The van der Waals surface area contributed by atoms with Crippen LogP contribution in [0.25, 0.3) is 21.9 Å². The minimum absolute atomic E-state index is 0.262. The second-order valence-electron chi connectivity index (χ2n) is 7.73. The van der Waals surface area contributed by atoms with Crippen LogP contribution in [0.3, 0.4) is 0 Å². The topological polar surface area (TPSA) is 73.1 Å². The molecule has 164 valence electrons. The first-order chi connectivity index (χ1) is 15.2. The molecule has 0 unspecified atom stereocenters. The summed E-state index contributed by atoms with van der Waals surface area (Å²) in [4.78, 5) is 14.6. The van der Waals surface area contributed by atoms with Crippen molar-refractivity contribution in [2.75, 3.05) is 6.61 Å². The van der Waals surface area contributed by atoms with Gasteiger partial charge in [-0.15, -0.1) is 11.3 Å². The molecule has 1 aliphatic rings. The Morgan fingerprint density at radius 1 is 1.23 bits per heavy atom. The van der Waals surface area contributed by atoms with Crippen molar-refractivity contribution in [1.29, 1.82) is 0 Å². The molecule has 4 rings (SSSR count). The van der Waals surface area contributed by atoms with E-state index in [9.17, 15) is 5.11 Å². The fourth-order valence-corrected chi connectivity index (χ4v) is 4.68. The van der Waals surface area contributed by atoms with Gasteiger partial charge in [-0.1, -0.05) is 62.6 Å². The van der Waals surface area contributed by atoms with Crippen LogP contribution in [0.1, 0.15) is 70.3 Å². The van der Waals surface area contributed by atoms with Crippen LogP contribution < -0.4 is 0 Å².